The molecule has 64 valence electrons. The van der Waals surface area contributed by atoms with Crippen molar-refractivity contribution in [2.45, 2.75) is 38.4 Å². The van der Waals surface area contributed by atoms with Gasteiger partial charge >= 0.3 is 0 Å². The van der Waals surface area contributed by atoms with Gasteiger partial charge in [0.15, 0.2) is 0 Å². The van der Waals surface area contributed by atoms with Gasteiger partial charge in [0.2, 0.25) is 0 Å². The van der Waals surface area contributed by atoms with Crippen LogP contribution in [0.15, 0.2) is 12.2 Å². The molecule has 11 heavy (non-hydrogen) atoms. The molecule has 0 saturated heterocycles. The molecule has 1 heteroatoms. The molecule has 1 rings (SSSR count). The smallest absolute Gasteiger partial charge is 0.00226 e. The van der Waals surface area contributed by atoms with E-state index in [0.717, 1.165) is 5.92 Å². The van der Waals surface area contributed by atoms with Crippen LogP contribution in [-0.2, 0) is 0 Å². The maximum absolute atomic E-state index is 4.46. The first kappa shape index (κ1) is 9.18. The van der Waals surface area contributed by atoms with Crippen molar-refractivity contribution < 1.29 is 0 Å². The summed E-state index contributed by atoms with van der Waals surface area (Å²) in [6.07, 6.45) is 8.62. The Morgan fingerprint density at radius 1 is 1.36 bits per heavy atom. The predicted octanol–water partition coefficient (Wildman–Crippen LogP) is 3.30. The molecule has 0 aromatic heterocycles. The molecule has 2 unspecified atom stereocenters. The lowest BCUT2D eigenvalue weighted by molar-refractivity contribution is 0.676. The monoisotopic (exact) mass is 170 g/mol. The van der Waals surface area contributed by atoms with E-state index in [1.54, 1.807) is 0 Å². The molecule has 0 aromatic carbocycles. The number of hydrogen-bond acceptors (Lipinski definition) is 1. The maximum atomic E-state index is 4.46. The minimum atomic E-state index is 0.664. The highest BCUT2D eigenvalue weighted by molar-refractivity contribution is 7.80. The molecule has 1 aliphatic carbocycles. The van der Waals surface area contributed by atoms with Crippen molar-refractivity contribution >= 4 is 12.6 Å². The lowest BCUT2D eigenvalue weighted by Crippen LogP contribution is -1.91. The van der Waals surface area contributed by atoms with Gasteiger partial charge in [0.25, 0.3) is 0 Å². The summed E-state index contributed by atoms with van der Waals surface area (Å²) in [7, 11) is 0. The average molecular weight is 170 g/mol. The van der Waals surface area contributed by atoms with E-state index in [1.165, 1.54) is 19.3 Å². The second-order valence-corrected chi connectivity index (χ2v) is 4.59. The van der Waals surface area contributed by atoms with Crippen LogP contribution in [0.4, 0.5) is 0 Å². The fourth-order valence-electron chi connectivity index (χ4n) is 1.55. The van der Waals surface area contributed by atoms with Crippen molar-refractivity contribution in [3.8, 4) is 0 Å². The van der Waals surface area contributed by atoms with E-state index in [-0.39, 0.29) is 0 Å². The summed E-state index contributed by atoms with van der Waals surface area (Å²) in [6, 6.07) is 0. The highest BCUT2D eigenvalue weighted by atomic mass is 32.1. The van der Waals surface area contributed by atoms with Crippen molar-refractivity contribution in [2.75, 3.05) is 0 Å². The third-order valence-corrected chi connectivity index (χ3v) is 2.68. The third-order valence-electron chi connectivity index (χ3n) is 2.21. The van der Waals surface area contributed by atoms with Gasteiger partial charge in [-0.15, -0.1) is 0 Å². The van der Waals surface area contributed by atoms with E-state index >= 15 is 0 Å². The highest BCUT2D eigenvalue weighted by Gasteiger charge is 2.19. The van der Waals surface area contributed by atoms with E-state index in [0.29, 0.717) is 11.2 Å². The summed E-state index contributed by atoms with van der Waals surface area (Å²) < 4.78 is 0. The first-order chi connectivity index (χ1) is 5.18. The Kier molecular flexibility index (Phi) is 3.50. The topological polar surface area (TPSA) is 0 Å². The van der Waals surface area contributed by atoms with E-state index < -0.39 is 0 Å². The molecule has 0 N–H and O–H groups in total. The summed E-state index contributed by atoms with van der Waals surface area (Å²) in [5, 5.41) is 0.664. The predicted molar refractivity (Wildman–Crippen MR) is 54.1 cm³/mol. The lowest BCUT2D eigenvalue weighted by Gasteiger charge is -2.02. The van der Waals surface area contributed by atoms with Gasteiger partial charge in [-0.25, -0.2) is 0 Å². The minimum absolute atomic E-state index is 0.664. The average Bonchev–Trinajstić information content (AvgIpc) is 2.31. The van der Waals surface area contributed by atoms with Crippen molar-refractivity contribution in [3.05, 3.63) is 12.2 Å². The summed E-state index contributed by atoms with van der Waals surface area (Å²) in [5.74, 6) is 1.52. The minimum Gasteiger partial charge on any atom is -0.176 e. The second-order valence-electron chi connectivity index (χ2n) is 3.86. The van der Waals surface area contributed by atoms with Gasteiger partial charge in [-0.05, 0) is 31.1 Å². The standard InChI is InChI=1S/C10H18S/c1-8(2)3-4-9-5-6-10(11)7-9/h3-4,8-11H,5-7H2,1-2H3/b4-3+. The molecule has 0 spiro atoms. The molecule has 0 nitrogen and oxygen atoms in total. The van der Waals surface area contributed by atoms with E-state index in [2.05, 4.69) is 38.6 Å². The lowest BCUT2D eigenvalue weighted by atomic mass is 10.1. The zero-order valence-electron chi connectivity index (χ0n) is 7.46. The van der Waals surface area contributed by atoms with Crippen LogP contribution >= 0.6 is 12.6 Å². The molecule has 0 amide bonds. The Bertz CT molecular complexity index is 138. The second kappa shape index (κ2) is 4.20. The van der Waals surface area contributed by atoms with Crippen molar-refractivity contribution in [3.63, 3.8) is 0 Å². The molecular weight excluding hydrogens is 152 g/mol. The van der Waals surface area contributed by atoms with Gasteiger partial charge in [-0.3, -0.25) is 0 Å². The summed E-state index contributed by atoms with van der Waals surface area (Å²) in [4.78, 5) is 0. The van der Waals surface area contributed by atoms with Crippen molar-refractivity contribution in [1.29, 1.82) is 0 Å². The Labute approximate surface area is 75.5 Å². The Balaban J connectivity index is 2.28. The van der Waals surface area contributed by atoms with Crippen LogP contribution in [0.1, 0.15) is 33.1 Å². The molecule has 0 heterocycles. The largest absolute Gasteiger partial charge is 0.176 e. The molecule has 1 saturated carbocycles. The van der Waals surface area contributed by atoms with E-state index in [1.807, 2.05) is 0 Å². The molecule has 1 fully saturated rings. The highest BCUT2D eigenvalue weighted by Crippen LogP contribution is 2.30. The van der Waals surface area contributed by atoms with Gasteiger partial charge in [-0.2, -0.15) is 12.6 Å². The van der Waals surface area contributed by atoms with E-state index in [9.17, 15) is 0 Å². The van der Waals surface area contributed by atoms with Gasteiger partial charge in [0.05, 0.1) is 0 Å². The zero-order chi connectivity index (χ0) is 8.27. The molecule has 0 aromatic rings. The fourth-order valence-corrected chi connectivity index (χ4v) is 1.97. The van der Waals surface area contributed by atoms with Gasteiger partial charge in [0, 0.05) is 5.25 Å². The van der Waals surface area contributed by atoms with Gasteiger partial charge in [0.1, 0.15) is 0 Å². The normalized spacial score (nSPS) is 32.4. The zero-order valence-corrected chi connectivity index (χ0v) is 8.35. The molecular formula is C10H18S. The first-order valence-corrected chi connectivity index (χ1v) is 5.06. The summed E-state index contributed by atoms with van der Waals surface area (Å²) >= 11 is 4.46. The Morgan fingerprint density at radius 3 is 2.55 bits per heavy atom. The van der Waals surface area contributed by atoms with Gasteiger partial charge in [-0.1, -0.05) is 26.0 Å². The van der Waals surface area contributed by atoms with Crippen LogP contribution < -0.4 is 0 Å². The fraction of sp³-hybridized carbons (Fsp3) is 0.800. The Hall–Kier alpha value is 0.0900. The number of hydrogen-bond donors (Lipinski definition) is 1. The summed E-state index contributed by atoms with van der Waals surface area (Å²) in [5.41, 5.74) is 0. The third kappa shape index (κ3) is 3.33. The first-order valence-electron chi connectivity index (χ1n) is 4.55. The quantitative estimate of drug-likeness (QED) is 0.477. The van der Waals surface area contributed by atoms with Crippen LogP contribution in [0.2, 0.25) is 0 Å². The molecule has 0 bridgehead atoms. The molecule has 2 atom stereocenters. The van der Waals surface area contributed by atoms with Crippen LogP contribution in [-0.4, -0.2) is 5.25 Å². The van der Waals surface area contributed by atoms with E-state index in [4.69, 9.17) is 0 Å². The SMILES string of the molecule is CC(C)/C=C/C1CCC(S)C1. The maximum Gasteiger partial charge on any atom is 0.00226 e. The number of allylic oxidation sites excluding steroid dienone is 2. The van der Waals surface area contributed by atoms with Crippen LogP contribution in [0, 0.1) is 11.8 Å². The van der Waals surface area contributed by atoms with Crippen molar-refractivity contribution in [1.82, 2.24) is 0 Å². The van der Waals surface area contributed by atoms with Crippen LogP contribution in [0.25, 0.3) is 0 Å². The molecule has 0 aliphatic heterocycles. The molecule has 1 aliphatic rings. The summed E-state index contributed by atoms with van der Waals surface area (Å²) in [6.45, 7) is 4.45. The van der Waals surface area contributed by atoms with Crippen LogP contribution in [0.3, 0.4) is 0 Å². The number of thiol groups is 1. The number of rotatable bonds is 2. The van der Waals surface area contributed by atoms with Gasteiger partial charge < -0.3 is 0 Å². The molecule has 0 radical (unpaired) electrons. The van der Waals surface area contributed by atoms with Crippen molar-refractivity contribution in [2.24, 2.45) is 11.8 Å². The van der Waals surface area contributed by atoms with Crippen LogP contribution in [0.5, 0.6) is 0 Å². The Morgan fingerprint density at radius 2 is 2.09 bits per heavy atom.